The summed E-state index contributed by atoms with van der Waals surface area (Å²) in [6.07, 6.45) is 0. The maximum atomic E-state index is 7.17. The van der Waals surface area contributed by atoms with Crippen molar-refractivity contribution in [2.24, 2.45) is 0 Å². The zero-order valence-electron chi connectivity index (χ0n) is 7.71. The SMILES string of the molecule is OB(O)O.[Ca+2].[H-].[H-].[H-].[H-].[Mg+2].[Mn]. The maximum absolute atomic E-state index is 7.17. The average molecular weight is 185 g/mol. The Morgan fingerprint density at radius 3 is 1.14 bits per heavy atom. The fourth-order valence-electron chi connectivity index (χ4n) is 0. The first-order valence-electron chi connectivity index (χ1n) is 0.775. The second kappa shape index (κ2) is 15.8. The predicted octanol–water partition coefficient (Wildman–Crippen LogP) is -2.37. The van der Waals surface area contributed by atoms with E-state index in [2.05, 4.69) is 0 Å². The molecule has 0 fully saturated rings. The predicted molar refractivity (Wildman–Crippen MR) is 28.4 cm³/mol. The van der Waals surface area contributed by atoms with Crippen LogP contribution in [0, 0.1) is 0 Å². The molecule has 0 atom stereocenters. The Balaban J connectivity index is -0.00000000214. The van der Waals surface area contributed by atoms with Crippen molar-refractivity contribution in [3.63, 3.8) is 0 Å². The quantitative estimate of drug-likeness (QED) is 0.370. The molecule has 0 aromatic rings. The van der Waals surface area contributed by atoms with Crippen LogP contribution < -0.4 is 0 Å². The van der Waals surface area contributed by atoms with E-state index in [0.29, 0.717) is 0 Å². The molecule has 0 aliphatic carbocycles. The smallest absolute Gasteiger partial charge is 1.00 e. The van der Waals surface area contributed by atoms with Crippen LogP contribution in [0.3, 0.4) is 0 Å². The number of rotatable bonds is 0. The van der Waals surface area contributed by atoms with Gasteiger partial charge in [-0.05, 0) is 0 Å². The van der Waals surface area contributed by atoms with E-state index in [1.165, 1.54) is 0 Å². The van der Waals surface area contributed by atoms with E-state index in [4.69, 9.17) is 15.1 Å². The Labute approximate surface area is 105 Å². The zero-order valence-corrected chi connectivity index (χ0v) is 8.51. The van der Waals surface area contributed by atoms with E-state index in [-0.39, 0.29) is 83.6 Å². The normalized spacial score (nSPS) is 3.86. The van der Waals surface area contributed by atoms with Crippen LogP contribution in [-0.2, 0) is 17.1 Å². The van der Waals surface area contributed by atoms with E-state index < -0.39 is 7.32 Å². The molecule has 7 heavy (non-hydrogen) atoms. The Morgan fingerprint density at radius 2 is 1.14 bits per heavy atom. The summed E-state index contributed by atoms with van der Waals surface area (Å²) in [5.74, 6) is 0. The summed E-state index contributed by atoms with van der Waals surface area (Å²) in [5.41, 5.74) is 0. The summed E-state index contributed by atoms with van der Waals surface area (Å²) in [7, 11) is -2.17. The van der Waals surface area contributed by atoms with Crippen LogP contribution >= 0.6 is 0 Å². The molecule has 0 saturated heterocycles. The van der Waals surface area contributed by atoms with Crippen molar-refractivity contribution < 1.29 is 37.8 Å². The monoisotopic (exact) mass is 185 g/mol. The van der Waals surface area contributed by atoms with E-state index in [0.717, 1.165) is 0 Å². The van der Waals surface area contributed by atoms with Gasteiger partial charge in [-0.2, -0.15) is 0 Å². The summed E-state index contributed by atoms with van der Waals surface area (Å²) in [6, 6.07) is 0. The van der Waals surface area contributed by atoms with Gasteiger partial charge in [-0.1, -0.05) is 0 Å². The molecule has 0 aromatic carbocycles. The minimum atomic E-state index is -2.17. The molecule has 0 aliphatic heterocycles. The van der Waals surface area contributed by atoms with Crippen LogP contribution in [-0.4, -0.2) is 83.2 Å². The van der Waals surface area contributed by atoms with Crippen molar-refractivity contribution >= 4 is 68.1 Å². The Bertz CT molecular complexity index is 30.1. The Morgan fingerprint density at radius 1 is 1.14 bits per heavy atom. The van der Waals surface area contributed by atoms with Crippen LogP contribution in [0.15, 0.2) is 0 Å². The van der Waals surface area contributed by atoms with Gasteiger partial charge in [-0.25, -0.2) is 0 Å². The van der Waals surface area contributed by atoms with Crippen molar-refractivity contribution in [2.45, 2.75) is 0 Å². The molecule has 1 radical (unpaired) electrons. The van der Waals surface area contributed by atoms with Gasteiger partial charge in [0, 0.05) is 17.1 Å². The molecule has 7 heteroatoms. The second-order valence-corrected chi connectivity index (χ2v) is 0.346. The third-order valence-electron chi connectivity index (χ3n) is 0. The van der Waals surface area contributed by atoms with Crippen molar-refractivity contribution in [3.05, 3.63) is 0 Å². The van der Waals surface area contributed by atoms with Crippen LogP contribution in [0.4, 0.5) is 0 Å². The van der Waals surface area contributed by atoms with E-state index >= 15 is 0 Å². The fraction of sp³-hybridized carbons (Fsp3) is 0. The second-order valence-electron chi connectivity index (χ2n) is 0.346. The summed E-state index contributed by atoms with van der Waals surface area (Å²) >= 11 is 0. The van der Waals surface area contributed by atoms with Gasteiger partial charge in [0.25, 0.3) is 0 Å². The molecule has 3 N–H and O–H groups in total. The molecule has 0 spiro atoms. The van der Waals surface area contributed by atoms with Gasteiger partial charge >= 0.3 is 68.1 Å². The van der Waals surface area contributed by atoms with Gasteiger partial charge in [0.1, 0.15) is 0 Å². The van der Waals surface area contributed by atoms with Gasteiger partial charge in [0.15, 0.2) is 0 Å². The molecular formula is H7BCaMgMnO3. The molecule has 0 bridgehead atoms. The van der Waals surface area contributed by atoms with E-state index in [1.807, 2.05) is 0 Å². The summed E-state index contributed by atoms with van der Waals surface area (Å²) in [6.45, 7) is 0. The van der Waals surface area contributed by atoms with Crippen molar-refractivity contribution in [1.82, 2.24) is 0 Å². The van der Waals surface area contributed by atoms with Crippen LogP contribution in [0.5, 0.6) is 0 Å². The molecule has 0 aromatic heterocycles. The third kappa shape index (κ3) is 57.7. The van der Waals surface area contributed by atoms with E-state index in [9.17, 15) is 0 Å². The van der Waals surface area contributed by atoms with Crippen molar-refractivity contribution in [3.8, 4) is 0 Å². The topological polar surface area (TPSA) is 60.7 Å². The molecular weight excluding hydrogens is 178 g/mol. The first kappa shape index (κ1) is 22.7. The van der Waals surface area contributed by atoms with Crippen molar-refractivity contribution in [2.75, 3.05) is 0 Å². The summed E-state index contributed by atoms with van der Waals surface area (Å²) in [4.78, 5) is 0. The molecule has 39 valence electrons. The fourth-order valence-corrected chi connectivity index (χ4v) is 0. The molecule has 0 heterocycles. The van der Waals surface area contributed by atoms with Crippen LogP contribution in [0.2, 0.25) is 0 Å². The Kier molecular flexibility index (Phi) is 51.2. The van der Waals surface area contributed by atoms with Crippen LogP contribution in [0.1, 0.15) is 5.71 Å². The molecule has 0 amide bonds. The molecule has 0 saturated carbocycles. The summed E-state index contributed by atoms with van der Waals surface area (Å²) < 4.78 is 0. The average Bonchev–Trinajstić information content (AvgIpc) is 0.811. The molecule has 0 unspecified atom stereocenters. The number of hydrogen-bond acceptors (Lipinski definition) is 3. The largest absolute Gasteiger partial charge is 2.00 e. The molecule has 3 nitrogen and oxygen atoms in total. The van der Waals surface area contributed by atoms with Crippen LogP contribution in [0.25, 0.3) is 0 Å². The maximum Gasteiger partial charge on any atom is 2.00 e. The molecule has 0 rings (SSSR count). The van der Waals surface area contributed by atoms with Gasteiger partial charge in [-0.15, -0.1) is 0 Å². The summed E-state index contributed by atoms with van der Waals surface area (Å²) in [5, 5.41) is 21.5. The standard InChI is InChI=1S/BH3O3.Ca.Mg.Mn.4H/c2-1(3)4;;;;;;;/h2-4H;;;;;;;/q;2*+2;;4*-1. The first-order valence-corrected chi connectivity index (χ1v) is 0.775. The molecule has 0 aliphatic rings. The van der Waals surface area contributed by atoms with Gasteiger partial charge in [0.2, 0.25) is 0 Å². The first-order chi connectivity index (χ1) is 1.73. The third-order valence-corrected chi connectivity index (χ3v) is 0. The van der Waals surface area contributed by atoms with Gasteiger partial charge in [0.05, 0.1) is 0 Å². The minimum Gasteiger partial charge on any atom is -1.00 e. The van der Waals surface area contributed by atoms with E-state index in [1.54, 1.807) is 0 Å². The minimum absolute atomic E-state index is 0. The van der Waals surface area contributed by atoms with Gasteiger partial charge < -0.3 is 20.8 Å². The van der Waals surface area contributed by atoms with Gasteiger partial charge in [-0.3, -0.25) is 0 Å². The van der Waals surface area contributed by atoms with Crippen molar-refractivity contribution in [1.29, 1.82) is 0 Å². The number of hydrogen-bond donors (Lipinski definition) is 3. The Hall–Kier alpha value is 2.49. The zero-order chi connectivity index (χ0) is 3.58.